The topological polar surface area (TPSA) is 55.1 Å². The lowest BCUT2D eigenvalue weighted by Crippen LogP contribution is -2.13. The number of nitrogens with two attached hydrogens (primary N) is 1. The Labute approximate surface area is 81.1 Å². The Morgan fingerprint density at radius 3 is 2.86 bits per heavy atom. The summed E-state index contributed by atoms with van der Waals surface area (Å²) in [4.78, 5) is 10.9. The first-order valence-electron chi connectivity index (χ1n) is 4.48. The van der Waals surface area contributed by atoms with Gasteiger partial charge in [0.15, 0.2) is 0 Å². The summed E-state index contributed by atoms with van der Waals surface area (Å²) in [7, 11) is 0. The van der Waals surface area contributed by atoms with E-state index in [1.54, 1.807) is 6.07 Å². The lowest BCUT2D eigenvalue weighted by Gasteiger charge is -2.08. The molecule has 3 nitrogen and oxygen atoms in total. The van der Waals surface area contributed by atoms with E-state index in [1.807, 2.05) is 0 Å². The molecule has 74 valence electrons. The molecule has 1 aromatic rings. The van der Waals surface area contributed by atoms with Gasteiger partial charge in [0.25, 0.3) is 0 Å². The van der Waals surface area contributed by atoms with Crippen LogP contribution >= 0.6 is 0 Å². The van der Waals surface area contributed by atoms with Crippen LogP contribution in [0.1, 0.15) is 17.9 Å². The van der Waals surface area contributed by atoms with Crippen LogP contribution in [0.15, 0.2) is 18.2 Å². The van der Waals surface area contributed by atoms with Crippen molar-refractivity contribution in [2.45, 2.75) is 12.3 Å². The molecular weight excluding hydrogens is 183 g/mol. The summed E-state index contributed by atoms with van der Waals surface area (Å²) in [5, 5.41) is 2.71. The van der Waals surface area contributed by atoms with E-state index in [0.29, 0.717) is 13.0 Å². The lowest BCUT2D eigenvalue weighted by atomic mass is 9.98. The molecular formula is C10H11FN2O. The Morgan fingerprint density at radius 2 is 2.29 bits per heavy atom. The first-order valence-corrected chi connectivity index (χ1v) is 4.48. The third-order valence-corrected chi connectivity index (χ3v) is 2.47. The number of carbonyl (C=O) groups excluding carboxylic acids is 1. The minimum atomic E-state index is -0.415. The number of nitrogen functional groups attached to an aromatic ring is 1. The molecule has 1 atom stereocenters. The first-order chi connectivity index (χ1) is 6.66. The van der Waals surface area contributed by atoms with Crippen molar-refractivity contribution in [3.8, 4) is 0 Å². The molecule has 1 aliphatic rings. The largest absolute Gasteiger partial charge is 0.396 e. The third kappa shape index (κ3) is 1.55. The predicted octanol–water partition coefficient (Wildman–Crippen LogP) is 1.01. The molecule has 1 heterocycles. The van der Waals surface area contributed by atoms with Crippen molar-refractivity contribution < 1.29 is 9.18 Å². The van der Waals surface area contributed by atoms with E-state index in [-0.39, 0.29) is 17.5 Å². The highest BCUT2D eigenvalue weighted by molar-refractivity contribution is 5.79. The van der Waals surface area contributed by atoms with Gasteiger partial charge in [0.2, 0.25) is 5.91 Å². The van der Waals surface area contributed by atoms with Crippen LogP contribution in [0.4, 0.5) is 10.1 Å². The van der Waals surface area contributed by atoms with Crippen LogP contribution in [-0.4, -0.2) is 12.5 Å². The molecule has 1 aliphatic heterocycles. The number of hydrogen-bond acceptors (Lipinski definition) is 2. The molecule has 0 spiro atoms. The molecule has 2 rings (SSSR count). The molecule has 4 heteroatoms. The summed E-state index contributed by atoms with van der Waals surface area (Å²) >= 11 is 0. The minimum absolute atomic E-state index is 0.0206. The maximum absolute atomic E-state index is 13.1. The second kappa shape index (κ2) is 3.29. The number of anilines is 1. The Hall–Kier alpha value is -1.58. The van der Waals surface area contributed by atoms with Gasteiger partial charge in [-0.1, -0.05) is 6.07 Å². The van der Waals surface area contributed by atoms with E-state index in [0.717, 1.165) is 5.56 Å². The van der Waals surface area contributed by atoms with E-state index in [1.165, 1.54) is 12.1 Å². The molecule has 1 fully saturated rings. The number of rotatable bonds is 1. The van der Waals surface area contributed by atoms with Crippen molar-refractivity contribution >= 4 is 11.6 Å². The van der Waals surface area contributed by atoms with E-state index in [2.05, 4.69) is 5.32 Å². The van der Waals surface area contributed by atoms with Crippen LogP contribution in [0.3, 0.4) is 0 Å². The summed E-state index contributed by atoms with van der Waals surface area (Å²) in [5.74, 6) is -0.313. The highest BCUT2D eigenvalue weighted by Crippen LogP contribution is 2.25. The minimum Gasteiger partial charge on any atom is -0.396 e. The van der Waals surface area contributed by atoms with Crippen LogP contribution in [-0.2, 0) is 4.79 Å². The molecule has 1 aromatic carbocycles. The molecule has 14 heavy (non-hydrogen) atoms. The van der Waals surface area contributed by atoms with Crippen molar-refractivity contribution in [3.05, 3.63) is 29.6 Å². The van der Waals surface area contributed by atoms with Crippen molar-refractivity contribution in [1.82, 2.24) is 5.32 Å². The second-order valence-electron chi connectivity index (χ2n) is 3.49. The van der Waals surface area contributed by atoms with Crippen LogP contribution in [0, 0.1) is 5.82 Å². The monoisotopic (exact) mass is 194 g/mol. The van der Waals surface area contributed by atoms with Gasteiger partial charge in [-0.2, -0.15) is 0 Å². The summed E-state index contributed by atoms with van der Waals surface area (Å²) in [5.41, 5.74) is 6.33. The van der Waals surface area contributed by atoms with E-state index in [4.69, 9.17) is 5.73 Å². The molecule has 0 bridgehead atoms. The van der Waals surface area contributed by atoms with Crippen molar-refractivity contribution in [2.24, 2.45) is 0 Å². The molecule has 1 amide bonds. The number of halogens is 1. The molecule has 3 N–H and O–H groups in total. The smallest absolute Gasteiger partial charge is 0.220 e. The zero-order valence-electron chi connectivity index (χ0n) is 7.59. The molecule has 0 aromatic heterocycles. The summed E-state index contributed by atoms with van der Waals surface area (Å²) < 4.78 is 13.1. The van der Waals surface area contributed by atoms with Crippen LogP contribution in [0.2, 0.25) is 0 Å². The molecule has 0 radical (unpaired) electrons. The maximum Gasteiger partial charge on any atom is 0.220 e. The fourth-order valence-electron chi connectivity index (χ4n) is 1.64. The average Bonchev–Trinajstić information content (AvgIpc) is 2.57. The van der Waals surface area contributed by atoms with E-state index in [9.17, 15) is 9.18 Å². The van der Waals surface area contributed by atoms with Crippen molar-refractivity contribution in [3.63, 3.8) is 0 Å². The van der Waals surface area contributed by atoms with Gasteiger partial charge in [-0.15, -0.1) is 0 Å². The predicted molar refractivity (Wildman–Crippen MR) is 51.2 cm³/mol. The zero-order valence-corrected chi connectivity index (χ0v) is 7.59. The van der Waals surface area contributed by atoms with Crippen molar-refractivity contribution in [2.75, 3.05) is 12.3 Å². The third-order valence-electron chi connectivity index (χ3n) is 2.47. The normalized spacial score (nSPS) is 20.9. The molecule has 1 unspecified atom stereocenters. The second-order valence-corrected chi connectivity index (χ2v) is 3.49. The lowest BCUT2D eigenvalue weighted by molar-refractivity contribution is -0.119. The van der Waals surface area contributed by atoms with Gasteiger partial charge in [-0.25, -0.2) is 4.39 Å². The Bertz CT molecular complexity index is 378. The van der Waals surface area contributed by atoms with Gasteiger partial charge in [-0.05, 0) is 17.7 Å². The van der Waals surface area contributed by atoms with E-state index >= 15 is 0 Å². The number of benzene rings is 1. The van der Waals surface area contributed by atoms with Gasteiger partial charge in [0.1, 0.15) is 5.82 Å². The van der Waals surface area contributed by atoms with Crippen molar-refractivity contribution in [1.29, 1.82) is 0 Å². The number of carbonyl (C=O) groups is 1. The van der Waals surface area contributed by atoms with Crippen LogP contribution in [0.25, 0.3) is 0 Å². The van der Waals surface area contributed by atoms with Gasteiger partial charge in [-0.3, -0.25) is 4.79 Å². The SMILES string of the molecule is Nc1ccc(C2CNC(=O)C2)cc1F. The summed E-state index contributed by atoms with van der Waals surface area (Å²) in [6.45, 7) is 0.586. The fraction of sp³-hybridized carbons (Fsp3) is 0.300. The zero-order chi connectivity index (χ0) is 10.1. The number of hydrogen-bond donors (Lipinski definition) is 2. The highest BCUT2D eigenvalue weighted by Gasteiger charge is 2.23. The van der Waals surface area contributed by atoms with Gasteiger partial charge in [0, 0.05) is 18.9 Å². The average molecular weight is 194 g/mol. The molecule has 0 aliphatic carbocycles. The number of amides is 1. The van der Waals surface area contributed by atoms with Crippen LogP contribution < -0.4 is 11.1 Å². The highest BCUT2D eigenvalue weighted by atomic mass is 19.1. The quantitative estimate of drug-likeness (QED) is 0.655. The Balaban J connectivity index is 2.24. The van der Waals surface area contributed by atoms with Gasteiger partial charge in [0.05, 0.1) is 5.69 Å². The fourth-order valence-corrected chi connectivity index (χ4v) is 1.64. The Morgan fingerprint density at radius 1 is 1.50 bits per heavy atom. The summed E-state index contributed by atoms with van der Waals surface area (Å²) in [6.07, 6.45) is 0.434. The molecule has 1 saturated heterocycles. The van der Waals surface area contributed by atoms with Gasteiger partial charge >= 0.3 is 0 Å². The standard InChI is InChI=1S/C10H11FN2O/c11-8-3-6(1-2-9(8)12)7-4-10(14)13-5-7/h1-3,7H,4-5,12H2,(H,13,14). The summed E-state index contributed by atoms with van der Waals surface area (Å²) in [6, 6.07) is 4.71. The molecule has 0 saturated carbocycles. The Kier molecular flexibility index (Phi) is 2.11. The first kappa shape index (κ1) is 8.99. The van der Waals surface area contributed by atoms with E-state index < -0.39 is 5.82 Å². The number of nitrogens with one attached hydrogen (secondary N) is 1. The van der Waals surface area contributed by atoms with Gasteiger partial charge < -0.3 is 11.1 Å². The maximum atomic E-state index is 13.1. The van der Waals surface area contributed by atoms with Crippen LogP contribution in [0.5, 0.6) is 0 Å².